The fourth-order valence-electron chi connectivity index (χ4n) is 2.56. The lowest BCUT2D eigenvalue weighted by Gasteiger charge is -2.10. The van der Waals surface area contributed by atoms with E-state index in [2.05, 4.69) is 10.3 Å². The van der Waals surface area contributed by atoms with Crippen molar-refractivity contribution >= 4 is 22.5 Å². The Labute approximate surface area is 138 Å². The summed E-state index contributed by atoms with van der Waals surface area (Å²) in [5, 5.41) is 3.38. The first kappa shape index (κ1) is 15.9. The number of halogens is 1. The van der Waals surface area contributed by atoms with E-state index in [1.165, 1.54) is 24.3 Å². The van der Waals surface area contributed by atoms with Crippen molar-refractivity contribution < 1.29 is 9.18 Å². The highest BCUT2D eigenvalue weighted by atomic mass is 19.1. The molecule has 24 heavy (non-hydrogen) atoms. The van der Waals surface area contributed by atoms with Crippen LogP contribution in [-0.2, 0) is 6.42 Å². The Morgan fingerprint density at radius 1 is 1.17 bits per heavy atom. The number of benzene rings is 2. The quantitative estimate of drug-likeness (QED) is 0.770. The van der Waals surface area contributed by atoms with E-state index in [0.29, 0.717) is 16.6 Å². The van der Waals surface area contributed by atoms with Gasteiger partial charge in [-0.3, -0.25) is 9.59 Å². The minimum atomic E-state index is -0.546. The lowest BCUT2D eigenvalue weighted by Crippen LogP contribution is -2.23. The zero-order chi connectivity index (χ0) is 17.3. The number of anilines is 1. The lowest BCUT2D eigenvalue weighted by molar-refractivity contribution is 0.102. The SMILES string of the molecule is CCc1ccc(C)c(NC(=O)c2cc3ccc(F)cc3[nH]c2=O)c1. The molecule has 2 N–H and O–H groups in total. The van der Waals surface area contributed by atoms with Crippen LogP contribution >= 0.6 is 0 Å². The van der Waals surface area contributed by atoms with E-state index < -0.39 is 17.3 Å². The minimum Gasteiger partial charge on any atom is -0.322 e. The third-order valence-corrected chi connectivity index (χ3v) is 4.01. The van der Waals surface area contributed by atoms with Crippen molar-refractivity contribution in [3.63, 3.8) is 0 Å². The van der Waals surface area contributed by atoms with Crippen LogP contribution in [0.4, 0.5) is 10.1 Å². The third-order valence-electron chi connectivity index (χ3n) is 4.01. The van der Waals surface area contributed by atoms with Crippen molar-refractivity contribution in [2.45, 2.75) is 20.3 Å². The van der Waals surface area contributed by atoms with Crippen molar-refractivity contribution in [1.82, 2.24) is 4.98 Å². The standard InChI is InChI=1S/C19H17FN2O2/c1-3-12-5-4-11(2)16(8-12)21-18(23)15-9-13-6-7-14(20)10-17(13)22-19(15)24/h4-10H,3H2,1-2H3,(H,21,23)(H,22,24). The van der Waals surface area contributed by atoms with Crippen molar-refractivity contribution in [3.8, 4) is 0 Å². The summed E-state index contributed by atoms with van der Waals surface area (Å²) in [6.07, 6.45) is 0.852. The number of pyridine rings is 1. The Balaban J connectivity index is 1.98. The largest absolute Gasteiger partial charge is 0.322 e. The number of H-pyrrole nitrogens is 1. The van der Waals surface area contributed by atoms with Crippen molar-refractivity contribution in [2.75, 3.05) is 5.32 Å². The fourth-order valence-corrected chi connectivity index (χ4v) is 2.56. The fraction of sp³-hybridized carbons (Fsp3) is 0.158. The number of aromatic nitrogens is 1. The summed E-state index contributed by atoms with van der Waals surface area (Å²) < 4.78 is 13.2. The molecular formula is C19H17FN2O2. The Morgan fingerprint density at radius 3 is 2.71 bits per heavy atom. The second-order valence-electron chi connectivity index (χ2n) is 5.70. The average Bonchev–Trinajstić information content (AvgIpc) is 2.56. The molecule has 0 radical (unpaired) electrons. The predicted molar refractivity (Wildman–Crippen MR) is 93.0 cm³/mol. The molecule has 0 unspecified atom stereocenters. The van der Waals surface area contributed by atoms with Crippen LogP contribution in [0.15, 0.2) is 47.3 Å². The molecule has 0 bridgehead atoms. The molecular weight excluding hydrogens is 307 g/mol. The number of rotatable bonds is 3. The Bertz CT molecular complexity index is 992. The molecule has 1 amide bonds. The number of nitrogens with one attached hydrogen (secondary N) is 2. The van der Waals surface area contributed by atoms with Crippen LogP contribution < -0.4 is 10.9 Å². The molecule has 122 valence electrons. The number of hydrogen-bond acceptors (Lipinski definition) is 2. The van der Waals surface area contributed by atoms with Crippen LogP contribution in [0, 0.1) is 12.7 Å². The molecule has 3 aromatic rings. The topological polar surface area (TPSA) is 62.0 Å². The second-order valence-corrected chi connectivity index (χ2v) is 5.70. The van der Waals surface area contributed by atoms with Gasteiger partial charge in [0.25, 0.3) is 11.5 Å². The van der Waals surface area contributed by atoms with Crippen molar-refractivity contribution in [1.29, 1.82) is 0 Å². The molecule has 1 aromatic heterocycles. The number of hydrogen-bond donors (Lipinski definition) is 2. The summed E-state index contributed by atoms with van der Waals surface area (Å²) in [5.41, 5.74) is 2.50. The number of aryl methyl sites for hydroxylation is 2. The maximum absolute atomic E-state index is 13.2. The van der Waals surface area contributed by atoms with Gasteiger partial charge in [0.2, 0.25) is 0 Å². The molecule has 0 fully saturated rings. The first-order valence-corrected chi connectivity index (χ1v) is 7.71. The third kappa shape index (κ3) is 3.06. The van der Waals surface area contributed by atoms with Crippen LogP contribution in [0.3, 0.4) is 0 Å². The van der Waals surface area contributed by atoms with Gasteiger partial charge in [-0.15, -0.1) is 0 Å². The van der Waals surface area contributed by atoms with E-state index in [0.717, 1.165) is 17.5 Å². The molecule has 0 spiro atoms. The van der Waals surface area contributed by atoms with E-state index in [1.54, 1.807) is 0 Å². The van der Waals surface area contributed by atoms with Gasteiger partial charge < -0.3 is 10.3 Å². The highest BCUT2D eigenvalue weighted by Crippen LogP contribution is 2.19. The maximum atomic E-state index is 13.2. The maximum Gasteiger partial charge on any atom is 0.261 e. The van der Waals surface area contributed by atoms with Gasteiger partial charge in [-0.05, 0) is 60.2 Å². The van der Waals surface area contributed by atoms with Gasteiger partial charge in [0.15, 0.2) is 0 Å². The van der Waals surface area contributed by atoms with Crippen LogP contribution in [0.25, 0.3) is 10.9 Å². The Kier molecular flexibility index (Phi) is 4.16. The predicted octanol–water partition coefficient (Wildman–Crippen LogP) is 3.79. The summed E-state index contributed by atoms with van der Waals surface area (Å²) in [4.78, 5) is 27.2. The Morgan fingerprint density at radius 2 is 1.96 bits per heavy atom. The van der Waals surface area contributed by atoms with E-state index in [4.69, 9.17) is 0 Å². The molecule has 0 atom stereocenters. The summed E-state index contributed by atoms with van der Waals surface area (Å²) >= 11 is 0. The number of carbonyl (C=O) groups is 1. The molecule has 2 aromatic carbocycles. The van der Waals surface area contributed by atoms with Gasteiger partial charge in [-0.2, -0.15) is 0 Å². The summed E-state index contributed by atoms with van der Waals surface area (Å²) in [7, 11) is 0. The smallest absolute Gasteiger partial charge is 0.261 e. The van der Waals surface area contributed by atoms with Gasteiger partial charge in [0.1, 0.15) is 11.4 Å². The molecule has 5 heteroatoms. The van der Waals surface area contributed by atoms with Crippen LogP contribution in [0.2, 0.25) is 0 Å². The van der Waals surface area contributed by atoms with Crippen LogP contribution in [0.1, 0.15) is 28.4 Å². The molecule has 3 rings (SSSR count). The number of amides is 1. The first-order valence-electron chi connectivity index (χ1n) is 7.71. The molecule has 4 nitrogen and oxygen atoms in total. The van der Waals surface area contributed by atoms with E-state index in [9.17, 15) is 14.0 Å². The number of fused-ring (bicyclic) bond motifs is 1. The normalized spacial score (nSPS) is 10.8. The van der Waals surface area contributed by atoms with E-state index in [-0.39, 0.29) is 5.56 Å². The summed E-state index contributed by atoms with van der Waals surface area (Å²) in [6.45, 7) is 3.92. The van der Waals surface area contributed by atoms with Crippen LogP contribution in [0.5, 0.6) is 0 Å². The van der Waals surface area contributed by atoms with Gasteiger partial charge >= 0.3 is 0 Å². The first-order chi connectivity index (χ1) is 11.5. The molecule has 0 aliphatic heterocycles. The zero-order valence-corrected chi connectivity index (χ0v) is 13.4. The Hall–Kier alpha value is -2.95. The highest BCUT2D eigenvalue weighted by molar-refractivity contribution is 6.06. The monoisotopic (exact) mass is 324 g/mol. The van der Waals surface area contributed by atoms with E-state index in [1.807, 2.05) is 32.0 Å². The van der Waals surface area contributed by atoms with E-state index >= 15 is 0 Å². The summed E-state index contributed by atoms with van der Waals surface area (Å²) in [6, 6.07) is 11.4. The molecule has 0 aliphatic carbocycles. The summed E-state index contributed by atoms with van der Waals surface area (Å²) in [5.74, 6) is -0.929. The zero-order valence-electron chi connectivity index (χ0n) is 13.4. The second kappa shape index (κ2) is 6.28. The van der Waals surface area contributed by atoms with Crippen LogP contribution in [-0.4, -0.2) is 10.9 Å². The lowest BCUT2D eigenvalue weighted by atomic mass is 10.1. The molecule has 1 heterocycles. The van der Waals surface area contributed by atoms with Gasteiger partial charge in [0, 0.05) is 5.69 Å². The number of aromatic amines is 1. The number of carbonyl (C=O) groups excluding carboxylic acids is 1. The molecule has 0 aliphatic rings. The molecule has 0 saturated heterocycles. The molecule has 0 saturated carbocycles. The van der Waals surface area contributed by atoms with Gasteiger partial charge in [0.05, 0.1) is 5.52 Å². The minimum absolute atomic E-state index is 0.00425. The van der Waals surface area contributed by atoms with Gasteiger partial charge in [-0.1, -0.05) is 19.1 Å². The van der Waals surface area contributed by atoms with Crippen molar-refractivity contribution in [3.05, 3.63) is 75.3 Å². The highest BCUT2D eigenvalue weighted by Gasteiger charge is 2.13. The average molecular weight is 324 g/mol. The van der Waals surface area contributed by atoms with Crippen molar-refractivity contribution in [2.24, 2.45) is 0 Å². The van der Waals surface area contributed by atoms with Gasteiger partial charge in [-0.25, -0.2) is 4.39 Å².